The number of ether oxygens (including phenoxy) is 1. The number of halogens is 5. The highest BCUT2D eigenvalue weighted by molar-refractivity contribution is 9.09. The second kappa shape index (κ2) is 42.9. The van der Waals surface area contributed by atoms with Crippen LogP contribution in [0.2, 0.25) is 0 Å². The van der Waals surface area contributed by atoms with Crippen molar-refractivity contribution < 1.29 is 31.9 Å². The molecule has 1 unspecified atom stereocenters. The van der Waals surface area contributed by atoms with Gasteiger partial charge in [-0.3, -0.25) is 82.4 Å². The van der Waals surface area contributed by atoms with Crippen LogP contribution in [0.5, 0.6) is 0 Å². The Bertz CT molecular complexity index is 7930. The number of nitrogens with one attached hydrogen (secondary N) is 9. The van der Waals surface area contributed by atoms with Crippen molar-refractivity contribution in [2.75, 3.05) is 37.4 Å². The van der Waals surface area contributed by atoms with Crippen LogP contribution in [0.25, 0.3) is 39.9 Å². The number of aliphatic imine (C=N–C) groups is 2. The van der Waals surface area contributed by atoms with E-state index in [1.807, 2.05) is 162 Å². The van der Waals surface area contributed by atoms with Crippen LogP contribution in [0.3, 0.4) is 0 Å². The van der Waals surface area contributed by atoms with Gasteiger partial charge in [0.15, 0.2) is 0 Å². The average molecular weight is 2040 g/mol. The largest absolute Gasteiger partial charge is 0.383 e. The Morgan fingerprint density at radius 3 is 1.53 bits per heavy atom. The van der Waals surface area contributed by atoms with E-state index in [1.165, 1.54) is 16.7 Å². The summed E-state index contributed by atoms with van der Waals surface area (Å²) in [7, 11) is 6.89. The maximum absolute atomic E-state index is 14.6. The minimum absolute atomic E-state index is 0.0101. The second-order valence-electron chi connectivity index (χ2n) is 38.6. The number of nitrogens with zero attached hydrogens (tertiary/aromatic N) is 15. The fraction of sp³-hybridized carbons (Fsp3) is 0.336. The molecule has 10 aliphatic rings. The Morgan fingerprint density at radius 2 is 1.02 bits per heavy atom. The molecule has 1 saturated heterocycles. The number of amidine groups is 1. The first-order valence-corrected chi connectivity index (χ1v) is 50.6. The van der Waals surface area contributed by atoms with Crippen molar-refractivity contribution in [1.29, 1.82) is 16.2 Å². The molecule has 0 spiro atoms. The number of Topliss-reactive ketones (excluding diaryl/α,β-unsaturated/α-hetero) is 1. The molecule has 11 heterocycles. The molecule has 0 bridgehead atoms. The molecule has 4 aliphatic carbocycles. The number of likely N-dealkylation sites (N-methyl/N-ethyl adjacent to an activating group) is 1. The number of aromatic nitrogens is 8. The van der Waals surface area contributed by atoms with Crippen molar-refractivity contribution in [3.8, 4) is 22.5 Å². The highest BCUT2D eigenvalue weighted by atomic mass is 79.9. The molecule has 7 aromatic carbocycles. The van der Waals surface area contributed by atoms with Crippen LogP contribution in [0, 0.1) is 40.8 Å². The number of pyridine rings is 2. The molecule has 22 rings (SSSR count). The third-order valence-electron chi connectivity index (χ3n) is 28.8. The van der Waals surface area contributed by atoms with Crippen molar-refractivity contribution in [2.45, 2.75) is 182 Å². The molecule has 36 heteroatoms. The van der Waals surface area contributed by atoms with Crippen LogP contribution in [0.1, 0.15) is 158 Å². The standard InChI is InChI=1S/C31H31BrN6O.C29H28FN7O.C27H27F3N6O2.C23H30N6O2/c1-19-11-16-23(34-18-19)21-12-14-22(15-13-21)28(32)35-25(17-20-7-4-3-5-8-20)27-29(33)38-26-10-6-9-24(26)36-31(38)37(2)30(27)39;1-36-28(38)25(26(31)37-23-11-5-10-22(23)35-29(36)37)27(33-20-7-3-2-4-8-20)32-17-18-13-15-19(16-14-18)21-9-6-12-24(30)34-21;1-27(29,30)22(37)17-12-11-15(13-18(17)28)14-32-24(33-16-7-4-3-5-8-16)21-23(31)36-20-10-6-9-19(20)34-26(36)35(2)25(21)38;1-28-22(30)19(20(24)26-16-6-3-2-4-7-16)21(25-14-15-10-12-31-13-11-15)29-18-9-5-8-17(18)27-23(28)29/h3-5,7-8,11-16,18,24,26,28,33,35H,6,9-10,17H2,1-2H3;2-4,6-9,12-16,22-23,31-33H,5,10-11,17H2,1H3;3-5,7-8,11-13,19-20,31-33H,6,9-10,14H2,1-2H3;2-4,6-7,15,17-18,25H,5,8-14H2,1H3,(H2,24,26)/b27-25+,33-29?;27-25-,31-26?;24-21-,31-23?;/t24-,26+,28?;22-,23+;19-,20+;17-,18+/m1111/s1. The molecule has 31 nitrogen and oxygen atoms in total. The lowest BCUT2D eigenvalue weighted by atomic mass is 10.00. The van der Waals surface area contributed by atoms with Crippen molar-refractivity contribution in [3.05, 3.63) is 361 Å². The van der Waals surface area contributed by atoms with Gasteiger partial charge < -0.3 is 42.4 Å². The zero-order valence-electron chi connectivity index (χ0n) is 81.9. The summed E-state index contributed by atoms with van der Waals surface area (Å²) in [6.07, 6.45) is 16.5. The van der Waals surface area contributed by atoms with Crippen LogP contribution < -0.4 is 103 Å². The van der Waals surface area contributed by atoms with Crippen LogP contribution in [-0.4, -0.2) is 134 Å². The molecule has 0 radical (unpaired) electrons. The molecule has 752 valence electrons. The summed E-state index contributed by atoms with van der Waals surface area (Å²) in [4.78, 5) is 102. The van der Waals surface area contributed by atoms with Gasteiger partial charge in [-0.05, 0) is 197 Å². The van der Waals surface area contributed by atoms with Crippen molar-refractivity contribution in [1.82, 2.24) is 68.4 Å². The fourth-order valence-electron chi connectivity index (χ4n) is 21.2. The number of guanidine groups is 1. The summed E-state index contributed by atoms with van der Waals surface area (Å²) < 4.78 is 70.8. The van der Waals surface area contributed by atoms with Gasteiger partial charge in [0.2, 0.25) is 34.5 Å². The van der Waals surface area contributed by atoms with Crippen LogP contribution in [0.4, 0.5) is 34.6 Å². The second-order valence-corrected chi connectivity index (χ2v) is 39.5. The summed E-state index contributed by atoms with van der Waals surface area (Å²) in [5.74, 6) is -4.10. The van der Waals surface area contributed by atoms with Gasteiger partial charge in [-0.1, -0.05) is 168 Å². The Labute approximate surface area is 846 Å². The van der Waals surface area contributed by atoms with Gasteiger partial charge in [0.05, 0.1) is 71.0 Å². The number of alkyl halides is 3. The molecular formula is C110H116BrF4N25O6. The molecule has 146 heavy (non-hydrogen) atoms. The van der Waals surface area contributed by atoms with Crippen LogP contribution in [-0.2, 0) is 50.2 Å². The minimum Gasteiger partial charge on any atom is -0.383 e. The van der Waals surface area contributed by atoms with Crippen molar-refractivity contribution >= 4 is 73.8 Å². The highest BCUT2D eigenvalue weighted by Gasteiger charge is 2.49. The lowest BCUT2D eigenvalue weighted by Gasteiger charge is -2.39. The van der Waals surface area contributed by atoms with E-state index in [0.717, 1.165) is 190 Å². The third kappa shape index (κ3) is 20.7. The summed E-state index contributed by atoms with van der Waals surface area (Å²) in [5, 5.41) is 48.2. The Morgan fingerprint density at radius 1 is 0.541 bits per heavy atom. The topological polar surface area (TPSA) is 388 Å². The SMILES string of the molecule is CN1C(=O)C(C(N)=Nc2ccccc2)=C(NCC2CCOCC2)N2C1=N[C@@H]1CCC[C@@H]12.Cc1ccc(-c2ccc(C(Br)N/C(Cc3ccccc3)=c3/c(=O)n(C)c4n(c3=N)[C@H]3CCC[C@H]3N=4)cc2)nc1.Cn1c(=O)/c(=C(/NCc2ccc(-c3cccc(F)n3)cc2)Nc2ccccc2)c(=N)n2c1=N[C@@H]1CCC[C@@H]12.Cn1c(=O)/c(=C(/NCc2ccc(C(=O)C(C)(F)F)c(F)c2)Nc2ccccc2)c(=N)n2c1=N[C@@H]1CCC[C@@H]12. The van der Waals surface area contributed by atoms with Gasteiger partial charge in [-0.25, -0.2) is 34.3 Å². The number of rotatable bonds is 24. The van der Waals surface area contributed by atoms with E-state index >= 15 is 0 Å². The van der Waals surface area contributed by atoms with Gasteiger partial charge in [-0.15, -0.1) is 0 Å². The third-order valence-corrected chi connectivity index (χ3v) is 29.6. The molecule has 5 fully saturated rings. The number of carbonyl (C=O) groups excluding carboxylic acids is 2. The molecule has 6 aliphatic heterocycles. The summed E-state index contributed by atoms with van der Waals surface area (Å²) in [6, 6.07) is 67.4. The number of aryl methyl sites for hydroxylation is 1. The number of nitrogens with two attached hydrogens (primary N) is 1. The summed E-state index contributed by atoms with van der Waals surface area (Å²) in [5.41, 5.74) is 18.2. The zero-order chi connectivity index (χ0) is 102. The molecular weight excluding hydrogens is 1920 g/mol. The van der Waals surface area contributed by atoms with Gasteiger partial charge in [0, 0.05) is 109 Å². The molecule has 1 amide bonds. The Kier molecular flexibility index (Phi) is 29.2. The number of fused-ring (bicyclic) bond motifs is 12. The van der Waals surface area contributed by atoms with Gasteiger partial charge >= 0.3 is 5.92 Å². The lowest BCUT2D eigenvalue weighted by Crippen LogP contribution is -2.59. The number of carbonyl (C=O) groups is 2. The average Bonchev–Trinajstić information content (AvgIpc) is 1.59. The number of hydrogen-bond donors (Lipinski definition) is 10. The number of anilines is 2. The lowest BCUT2D eigenvalue weighted by molar-refractivity contribution is -0.123. The van der Waals surface area contributed by atoms with E-state index in [1.54, 1.807) is 71.1 Å². The first-order valence-electron chi connectivity index (χ1n) is 49.7. The molecule has 5 aromatic heterocycles. The zero-order valence-corrected chi connectivity index (χ0v) is 83.5. The normalized spacial score (nSPS) is 20.5. The predicted octanol–water partition coefficient (Wildman–Crippen LogP) is 10.7. The van der Waals surface area contributed by atoms with E-state index in [0.29, 0.717) is 76.2 Å². The number of ketones is 1. The van der Waals surface area contributed by atoms with Gasteiger partial charge in [0.1, 0.15) is 71.8 Å². The fourth-order valence-corrected chi connectivity index (χ4v) is 21.8. The number of para-hydroxylation sites is 3. The molecule has 9 atom stereocenters. The maximum atomic E-state index is 14.6. The van der Waals surface area contributed by atoms with E-state index in [-0.39, 0.29) is 115 Å². The van der Waals surface area contributed by atoms with Crippen LogP contribution >= 0.6 is 15.9 Å². The van der Waals surface area contributed by atoms with E-state index in [9.17, 15) is 46.9 Å². The van der Waals surface area contributed by atoms with Gasteiger partial charge in [-0.2, -0.15) is 13.2 Å². The number of amides is 1. The molecule has 4 saturated carbocycles. The smallest absolute Gasteiger partial charge is 0.307 e. The number of hydrogen-bond acceptors (Lipinski definition) is 23. The van der Waals surface area contributed by atoms with E-state index < -0.39 is 34.6 Å². The van der Waals surface area contributed by atoms with Gasteiger partial charge in [0.25, 0.3) is 22.6 Å². The van der Waals surface area contributed by atoms with E-state index in [2.05, 4.69) is 98.0 Å². The van der Waals surface area contributed by atoms with Crippen LogP contribution in [0.15, 0.2) is 275 Å². The quantitative estimate of drug-likeness (QED) is 0.00511. The molecule has 11 N–H and O–H groups in total. The summed E-state index contributed by atoms with van der Waals surface area (Å²) >= 11 is 3.82. The first kappa shape index (κ1) is 99.4. The van der Waals surface area contributed by atoms with E-state index in [4.69, 9.17) is 41.3 Å². The predicted molar refractivity (Wildman–Crippen MR) is 553 cm³/mol. The minimum atomic E-state index is -3.69. The Balaban J connectivity index is 0.000000123. The van der Waals surface area contributed by atoms with Crippen molar-refractivity contribution in [2.24, 2.45) is 57.8 Å². The monoisotopic (exact) mass is 2040 g/mol. The summed E-state index contributed by atoms with van der Waals surface area (Å²) in [6.45, 7) is 5.21. The maximum Gasteiger partial charge on any atom is 0.307 e. The first-order chi connectivity index (χ1) is 70.6. The van der Waals surface area contributed by atoms with Crippen molar-refractivity contribution in [3.63, 3.8) is 0 Å². The highest BCUT2D eigenvalue weighted by Crippen LogP contribution is 2.40. The number of benzene rings is 7. The molecule has 12 aromatic rings. The Hall–Kier alpha value is -15.3.